The maximum Gasteiger partial charge on any atom is 0.337 e. The van der Waals surface area contributed by atoms with E-state index in [1.807, 2.05) is 25.3 Å². The molecule has 0 bridgehead atoms. The molecule has 3 nitrogen and oxygen atoms in total. The van der Waals surface area contributed by atoms with Crippen LogP contribution in [0.4, 0.5) is 0 Å². The number of carboxylic acids is 1. The van der Waals surface area contributed by atoms with Crippen LogP contribution in [-0.4, -0.2) is 17.2 Å². The van der Waals surface area contributed by atoms with Crippen LogP contribution in [-0.2, 0) is 4.79 Å². The van der Waals surface area contributed by atoms with Crippen molar-refractivity contribution in [1.82, 2.24) is 0 Å². The molecule has 0 saturated heterocycles. The van der Waals surface area contributed by atoms with Crippen molar-refractivity contribution in [3.63, 3.8) is 0 Å². The number of thiophene rings is 1. The lowest BCUT2D eigenvalue weighted by atomic mass is 10.1. The molecule has 5 heteroatoms. The number of carbonyl (C=O) groups is 1. The third kappa shape index (κ3) is 4.09. The van der Waals surface area contributed by atoms with Crippen LogP contribution in [0.3, 0.4) is 0 Å². The molecule has 2 rings (SSSR count). The summed E-state index contributed by atoms with van der Waals surface area (Å²) < 4.78 is 5.56. The topological polar surface area (TPSA) is 46.5 Å². The third-order valence-corrected chi connectivity index (χ3v) is 3.85. The molecule has 0 atom stereocenters. The fourth-order valence-electron chi connectivity index (χ4n) is 1.79. The van der Waals surface area contributed by atoms with Gasteiger partial charge in [-0.05, 0) is 49.1 Å². The minimum absolute atomic E-state index is 0.0320. The normalized spacial score (nSPS) is 11.7. The largest absolute Gasteiger partial charge is 0.489 e. The molecular weight excluding hydrogens is 308 g/mol. The lowest BCUT2D eigenvalue weighted by Gasteiger charge is -2.11. The smallest absolute Gasteiger partial charge is 0.337 e. The number of halogens is 1. The van der Waals surface area contributed by atoms with E-state index in [1.54, 1.807) is 30.3 Å². The molecule has 0 aliphatic carbocycles. The van der Waals surface area contributed by atoms with Gasteiger partial charge in [0.15, 0.2) is 0 Å². The standard InChI is InChI=1S/C16H15ClO3S/c1-10(2)20-14-6-5-11(9-13(14)17)8-12(16(18)19)15-4-3-7-21-15/h3-10H,1-2H3,(H,18,19)/b12-8-. The second-order valence-electron chi connectivity index (χ2n) is 4.70. The van der Waals surface area contributed by atoms with Crippen molar-refractivity contribution in [2.75, 3.05) is 0 Å². The Kier molecular flexibility index (Phi) is 5.04. The minimum atomic E-state index is -0.962. The highest BCUT2D eigenvalue weighted by molar-refractivity contribution is 7.11. The maximum atomic E-state index is 11.4. The van der Waals surface area contributed by atoms with Gasteiger partial charge in [-0.15, -0.1) is 11.3 Å². The summed E-state index contributed by atoms with van der Waals surface area (Å²) in [5.74, 6) is -0.368. The molecule has 0 spiro atoms. The quantitative estimate of drug-likeness (QED) is 0.803. The molecule has 21 heavy (non-hydrogen) atoms. The molecule has 0 saturated carbocycles. The summed E-state index contributed by atoms with van der Waals surface area (Å²) in [6, 6.07) is 8.85. The fourth-order valence-corrected chi connectivity index (χ4v) is 2.76. The van der Waals surface area contributed by atoms with E-state index >= 15 is 0 Å². The fraction of sp³-hybridized carbons (Fsp3) is 0.188. The molecule has 0 amide bonds. The summed E-state index contributed by atoms with van der Waals surface area (Å²) >= 11 is 7.55. The summed E-state index contributed by atoms with van der Waals surface area (Å²) in [5.41, 5.74) is 0.973. The predicted octanol–water partition coefficient (Wildman–Crippen LogP) is 4.81. The summed E-state index contributed by atoms with van der Waals surface area (Å²) in [4.78, 5) is 12.1. The Bertz CT molecular complexity index is 660. The Balaban J connectivity index is 2.35. The average molecular weight is 323 g/mol. The van der Waals surface area contributed by atoms with Crippen LogP contribution in [0.25, 0.3) is 11.6 Å². The lowest BCUT2D eigenvalue weighted by Crippen LogP contribution is -2.05. The van der Waals surface area contributed by atoms with Gasteiger partial charge in [-0.2, -0.15) is 0 Å². The van der Waals surface area contributed by atoms with Gasteiger partial charge in [0.2, 0.25) is 0 Å². The maximum absolute atomic E-state index is 11.4. The van der Waals surface area contributed by atoms with Crippen molar-refractivity contribution in [2.24, 2.45) is 0 Å². The third-order valence-electron chi connectivity index (χ3n) is 2.65. The molecule has 110 valence electrons. The van der Waals surface area contributed by atoms with Crippen LogP contribution >= 0.6 is 22.9 Å². The van der Waals surface area contributed by atoms with Crippen LogP contribution < -0.4 is 4.74 Å². The highest BCUT2D eigenvalue weighted by Crippen LogP contribution is 2.29. The summed E-state index contributed by atoms with van der Waals surface area (Å²) in [5, 5.41) is 11.6. The molecule has 2 aromatic rings. The van der Waals surface area contributed by atoms with Gasteiger partial charge < -0.3 is 9.84 Å². The van der Waals surface area contributed by atoms with E-state index in [9.17, 15) is 9.90 Å². The van der Waals surface area contributed by atoms with Crippen LogP contribution in [0.5, 0.6) is 5.75 Å². The number of carboxylic acid groups (broad SMARTS) is 1. The lowest BCUT2D eigenvalue weighted by molar-refractivity contribution is -0.130. The summed E-state index contributed by atoms with van der Waals surface area (Å²) in [6.07, 6.45) is 1.64. The van der Waals surface area contributed by atoms with Crippen molar-refractivity contribution in [2.45, 2.75) is 20.0 Å². The monoisotopic (exact) mass is 322 g/mol. The van der Waals surface area contributed by atoms with Crippen LogP contribution in [0.1, 0.15) is 24.3 Å². The van der Waals surface area contributed by atoms with Gasteiger partial charge in [-0.25, -0.2) is 4.79 Å². The van der Waals surface area contributed by atoms with E-state index in [-0.39, 0.29) is 11.7 Å². The van der Waals surface area contributed by atoms with Gasteiger partial charge in [0, 0.05) is 4.88 Å². The Morgan fingerprint density at radius 1 is 1.38 bits per heavy atom. The zero-order valence-corrected chi connectivity index (χ0v) is 13.2. The molecular formula is C16H15ClO3S. The van der Waals surface area contributed by atoms with Gasteiger partial charge in [0.25, 0.3) is 0 Å². The number of ether oxygens (including phenoxy) is 1. The van der Waals surface area contributed by atoms with E-state index < -0.39 is 5.97 Å². The van der Waals surface area contributed by atoms with Gasteiger partial charge in [-0.1, -0.05) is 23.7 Å². The first-order valence-corrected chi connectivity index (χ1v) is 7.68. The zero-order valence-electron chi connectivity index (χ0n) is 11.7. The van der Waals surface area contributed by atoms with E-state index in [2.05, 4.69) is 0 Å². The molecule has 0 aliphatic rings. The molecule has 0 aliphatic heterocycles. The van der Waals surface area contributed by atoms with Gasteiger partial charge in [0.05, 0.1) is 16.7 Å². The second kappa shape index (κ2) is 6.78. The molecule has 0 unspecified atom stereocenters. The molecule has 1 aromatic carbocycles. The van der Waals surface area contributed by atoms with Crippen molar-refractivity contribution in [3.05, 3.63) is 51.2 Å². The highest BCUT2D eigenvalue weighted by Gasteiger charge is 2.12. The van der Waals surface area contributed by atoms with Crippen molar-refractivity contribution in [1.29, 1.82) is 0 Å². The number of benzene rings is 1. The Labute approximate surface area is 132 Å². The van der Waals surface area contributed by atoms with E-state index in [1.165, 1.54) is 11.3 Å². The summed E-state index contributed by atoms with van der Waals surface area (Å²) in [7, 11) is 0. The number of rotatable bonds is 5. The highest BCUT2D eigenvalue weighted by atomic mass is 35.5. The second-order valence-corrected chi connectivity index (χ2v) is 6.05. The predicted molar refractivity (Wildman–Crippen MR) is 87.0 cm³/mol. The minimum Gasteiger partial charge on any atom is -0.489 e. The average Bonchev–Trinajstić information content (AvgIpc) is 2.91. The first kappa shape index (κ1) is 15.6. The van der Waals surface area contributed by atoms with Gasteiger partial charge in [0.1, 0.15) is 5.75 Å². The first-order valence-electron chi connectivity index (χ1n) is 6.42. The van der Waals surface area contributed by atoms with Crippen LogP contribution in [0.2, 0.25) is 5.02 Å². The Morgan fingerprint density at radius 3 is 2.67 bits per heavy atom. The van der Waals surface area contributed by atoms with Crippen molar-refractivity contribution < 1.29 is 14.6 Å². The number of aliphatic carboxylic acids is 1. The number of hydrogen-bond acceptors (Lipinski definition) is 3. The van der Waals surface area contributed by atoms with Gasteiger partial charge in [-0.3, -0.25) is 0 Å². The molecule has 1 aromatic heterocycles. The van der Waals surface area contributed by atoms with Crippen LogP contribution in [0.15, 0.2) is 35.7 Å². The van der Waals surface area contributed by atoms with Gasteiger partial charge >= 0.3 is 5.97 Å². The zero-order chi connectivity index (χ0) is 15.4. The molecule has 0 radical (unpaired) electrons. The molecule has 1 heterocycles. The SMILES string of the molecule is CC(C)Oc1ccc(/C=C(\C(=O)O)c2cccs2)cc1Cl. The Hall–Kier alpha value is -1.78. The summed E-state index contributed by atoms with van der Waals surface area (Å²) in [6.45, 7) is 3.84. The first-order chi connectivity index (χ1) is 9.97. The van der Waals surface area contributed by atoms with E-state index in [4.69, 9.17) is 16.3 Å². The molecule has 1 N–H and O–H groups in total. The van der Waals surface area contributed by atoms with Crippen LogP contribution in [0, 0.1) is 0 Å². The van der Waals surface area contributed by atoms with Crippen molar-refractivity contribution in [3.8, 4) is 5.75 Å². The van der Waals surface area contributed by atoms with Crippen molar-refractivity contribution >= 4 is 40.6 Å². The number of hydrogen-bond donors (Lipinski definition) is 1. The Morgan fingerprint density at radius 2 is 2.14 bits per heavy atom. The molecule has 0 fully saturated rings. The van der Waals surface area contributed by atoms with E-state index in [0.717, 1.165) is 5.56 Å². The van der Waals surface area contributed by atoms with E-state index in [0.29, 0.717) is 15.6 Å².